The monoisotopic (exact) mass is 407 g/mol. The van der Waals surface area contributed by atoms with Gasteiger partial charge in [0.25, 0.3) is 5.91 Å². The fourth-order valence-electron chi connectivity index (χ4n) is 2.85. The van der Waals surface area contributed by atoms with E-state index in [1.54, 1.807) is 54.6 Å². The number of hydrogen-bond donors (Lipinski definition) is 1. The number of halogens is 1. The van der Waals surface area contributed by atoms with Crippen molar-refractivity contribution < 1.29 is 23.5 Å². The van der Waals surface area contributed by atoms with Gasteiger partial charge in [-0.05, 0) is 48.9 Å². The minimum absolute atomic E-state index is 0.0135. The summed E-state index contributed by atoms with van der Waals surface area (Å²) in [6.45, 7) is 2.45. The van der Waals surface area contributed by atoms with E-state index >= 15 is 0 Å². The van der Waals surface area contributed by atoms with Gasteiger partial charge in [-0.2, -0.15) is 0 Å². The molecule has 0 aliphatic rings. The minimum atomic E-state index is -1.13. The number of rotatable bonds is 8. The van der Waals surface area contributed by atoms with Crippen molar-refractivity contribution >= 4 is 17.6 Å². The summed E-state index contributed by atoms with van der Waals surface area (Å²) < 4.78 is 24.0. The smallest absolute Gasteiger partial charge is 0.311 e. The summed E-state index contributed by atoms with van der Waals surface area (Å²) in [6.07, 6.45) is -1.12. The normalized spacial score (nSPS) is 11.4. The van der Waals surface area contributed by atoms with Crippen LogP contribution in [0.2, 0.25) is 0 Å². The Morgan fingerprint density at radius 2 is 1.60 bits per heavy atom. The topological polar surface area (TPSA) is 64.6 Å². The molecular formula is C24H22FNO4. The molecule has 1 unspecified atom stereocenters. The number of anilines is 1. The molecular weight excluding hydrogens is 385 g/mol. The first-order valence-corrected chi connectivity index (χ1v) is 9.57. The molecule has 0 spiro atoms. The SMILES string of the molecule is CCOc1ccc(CC(=O)OC(C(=O)Nc2ccc(F)cc2)c2ccccc2)cc1. The van der Waals surface area contributed by atoms with E-state index in [1.165, 1.54) is 24.3 Å². The molecule has 5 nitrogen and oxygen atoms in total. The Bertz CT molecular complexity index is 972. The zero-order valence-electron chi connectivity index (χ0n) is 16.5. The molecule has 0 radical (unpaired) electrons. The first-order chi connectivity index (χ1) is 14.5. The number of nitrogens with one attached hydrogen (secondary N) is 1. The minimum Gasteiger partial charge on any atom is -0.494 e. The van der Waals surface area contributed by atoms with Crippen molar-refractivity contribution in [3.05, 3.63) is 95.8 Å². The molecule has 154 valence electrons. The molecule has 3 rings (SSSR count). The molecule has 0 aliphatic heterocycles. The third-order valence-corrected chi connectivity index (χ3v) is 4.28. The third kappa shape index (κ3) is 5.91. The second-order valence-corrected chi connectivity index (χ2v) is 6.53. The molecule has 0 heterocycles. The van der Waals surface area contributed by atoms with Crippen molar-refractivity contribution in [2.75, 3.05) is 11.9 Å². The second-order valence-electron chi connectivity index (χ2n) is 6.53. The molecule has 0 fully saturated rings. The van der Waals surface area contributed by atoms with Gasteiger partial charge in [0.1, 0.15) is 11.6 Å². The fourth-order valence-corrected chi connectivity index (χ4v) is 2.85. The van der Waals surface area contributed by atoms with Gasteiger partial charge in [0.2, 0.25) is 6.10 Å². The highest BCUT2D eigenvalue weighted by Crippen LogP contribution is 2.21. The number of amides is 1. The Hall–Kier alpha value is -3.67. The fraction of sp³-hybridized carbons (Fsp3) is 0.167. The van der Waals surface area contributed by atoms with Crippen LogP contribution in [0, 0.1) is 5.82 Å². The summed E-state index contributed by atoms with van der Waals surface area (Å²) in [5, 5.41) is 2.66. The molecule has 0 aliphatic carbocycles. The molecule has 3 aromatic carbocycles. The van der Waals surface area contributed by atoms with Crippen LogP contribution in [0.5, 0.6) is 5.75 Å². The number of hydrogen-bond acceptors (Lipinski definition) is 4. The third-order valence-electron chi connectivity index (χ3n) is 4.28. The van der Waals surface area contributed by atoms with Gasteiger partial charge < -0.3 is 14.8 Å². The van der Waals surface area contributed by atoms with Crippen molar-refractivity contribution in [2.24, 2.45) is 0 Å². The van der Waals surface area contributed by atoms with Crippen LogP contribution in [-0.4, -0.2) is 18.5 Å². The van der Waals surface area contributed by atoms with E-state index in [9.17, 15) is 14.0 Å². The van der Waals surface area contributed by atoms with Crippen molar-refractivity contribution in [1.82, 2.24) is 0 Å². The quantitative estimate of drug-likeness (QED) is 0.550. The van der Waals surface area contributed by atoms with Crippen LogP contribution in [0.4, 0.5) is 10.1 Å². The molecule has 0 saturated carbocycles. The summed E-state index contributed by atoms with van der Waals surface area (Å²) in [4.78, 5) is 25.3. The average Bonchev–Trinajstić information content (AvgIpc) is 2.76. The van der Waals surface area contributed by atoms with Crippen molar-refractivity contribution in [3.63, 3.8) is 0 Å². The van der Waals surface area contributed by atoms with Gasteiger partial charge in [-0.25, -0.2) is 4.39 Å². The highest BCUT2D eigenvalue weighted by molar-refractivity contribution is 5.96. The lowest BCUT2D eigenvalue weighted by atomic mass is 10.1. The van der Waals surface area contributed by atoms with Crippen LogP contribution < -0.4 is 10.1 Å². The van der Waals surface area contributed by atoms with E-state index in [-0.39, 0.29) is 6.42 Å². The van der Waals surface area contributed by atoms with Crippen molar-refractivity contribution in [1.29, 1.82) is 0 Å². The van der Waals surface area contributed by atoms with E-state index in [4.69, 9.17) is 9.47 Å². The van der Waals surface area contributed by atoms with Gasteiger partial charge >= 0.3 is 5.97 Å². The van der Waals surface area contributed by atoms with Crippen LogP contribution in [-0.2, 0) is 20.7 Å². The molecule has 1 atom stereocenters. The average molecular weight is 407 g/mol. The van der Waals surface area contributed by atoms with Gasteiger partial charge in [-0.3, -0.25) is 9.59 Å². The highest BCUT2D eigenvalue weighted by Gasteiger charge is 2.25. The largest absolute Gasteiger partial charge is 0.494 e. The van der Waals surface area contributed by atoms with E-state index in [0.717, 1.165) is 11.3 Å². The second kappa shape index (κ2) is 10.2. The summed E-state index contributed by atoms with van der Waals surface area (Å²) >= 11 is 0. The summed E-state index contributed by atoms with van der Waals surface area (Å²) in [6, 6.07) is 21.2. The van der Waals surface area contributed by atoms with Gasteiger partial charge in [0.05, 0.1) is 13.0 Å². The molecule has 1 N–H and O–H groups in total. The molecule has 0 aromatic heterocycles. The molecule has 0 bridgehead atoms. The molecule has 6 heteroatoms. The molecule has 30 heavy (non-hydrogen) atoms. The maximum atomic E-state index is 13.1. The molecule has 3 aromatic rings. The van der Waals surface area contributed by atoms with E-state index in [2.05, 4.69) is 5.32 Å². The lowest BCUT2D eigenvalue weighted by Gasteiger charge is -2.18. The number of carbonyl (C=O) groups excluding carboxylic acids is 2. The Labute approximate surface area is 174 Å². The maximum Gasteiger partial charge on any atom is 0.311 e. The van der Waals surface area contributed by atoms with Crippen LogP contribution in [0.15, 0.2) is 78.9 Å². The van der Waals surface area contributed by atoms with E-state index in [0.29, 0.717) is 17.9 Å². The maximum absolute atomic E-state index is 13.1. The number of esters is 1. The van der Waals surface area contributed by atoms with Crippen LogP contribution in [0.1, 0.15) is 24.2 Å². The lowest BCUT2D eigenvalue weighted by molar-refractivity contribution is -0.154. The van der Waals surface area contributed by atoms with E-state index < -0.39 is 23.8 Å². The predicted octanol–water partition coefficient (Wildman–Crippen LogP) is 4.69. The first kappa shape index (κ1) is 21.0. The number of benzene rings is 3. The van der Waals surface area contributed by atoms with E-state index in [1.807, 2.05) is 6.92 Å². The zero-order valence-corrected chi connectivity index (χ0v) is 16.5. The summed E-state index contributed by atoms with van der Waals surface area (Å²) in [5.74, 6) is -0.750. The van der Waals surface area contributed by atoms with Gasteiger partial charge in [0.15, 0.2) is 0 Å². The molecule has 0 saturated heterocycles. The summed E-state index contributed by atoms with van der Waals surface area (Å²) in [7, 11) is 0. The van der Waals surface area contributed by atoms with Gasteiger partial charge in [0, 0.05) is 11.3 Å². The van der Waals surface area contributed by atoms with Gasteiger partial charge in [-0.15, -0.1) is 0 Å². The standard InChI is InChI=1S/C24H22FNO4/c1-2-29-21-14-8-17(9-15-21)16-22(27)30-23(18-6-4-3-5-7-18)24(28)26-20-12-10-19(25)11-13-20/h3-15,23H,2,16H2,1H3,(H,26,28). The Morgan fingerprint density at radius 3 is 2.23 bits per heavy atom. The molecule has 1 amide bonds. The first-order valence-electron chi connectivity index (χ1n) is 9.57. The summed E-state index contributed by atoms with van der Waals surface area (Å²) in [5.41, 5.74) is 1.69. The van der Waals surface area contributed by atoms with Gasteiger partial charge in [-0.1, -0.05) is 42.5 Å². The zero-order chi connectivity index (χ0) is 21.3. The Morgan fingerprint density at radius 1 is 0.933 bits per heavy atom. The number of ether oxygens (including phenoxy) is 2. The van der Waals surface area contributed by atoms with Crippen LogP contribution in [0.25, 0.3) is 0 Å². The Balaban J connectivity index is 1.71. The predicted molar refractivity (Wildman–Crippen MR) is 112 cm³/mol. The van der Waals surface area contributed by atoms with Crippen LogP contribution >= 0.6 is 0 Å². The van der Waals surface area contributed by atoms with Crippen molar-refractivity contribution in [2.45, 2.75) is 19.4 Å². The highest BCUT2D eigenvalue weighted by atomic mass is 19.1. The van der Waals surface area contributed by atoms with Crippen molar-refractivity contribution in [3.8, 4) is 5.75 Å². The van der Waals surface area contributed by atoms with Crippen LogP contribution in [0.3, 0.4) is 0 Å². The lowest BCUT2D eigenvalue weighted by Crippen LogP contribution is -2.26. The Kier molecular flexibility index (Phi) is 7.16. The number of carbonyl (C=O) groups is 2.